The Bertz CT molecular complexity index is 741. The van der Waals surface area contributed by atoms with Crippen LogP contribution in [0.25, 0.3) is 16.7 Å². The molecule has 0 spiro atoms. The zero-order valence-electron chi connectivity index (χ0n) is 11.8. The number of nitrogens with zero attached hydrogens (tertiary/aromatic N) is 3. The first kappa shape index (κ1) is 12.7. The van der Waals surface area contributed by atoms with Gasteiger partial charge in [-0.05, 0) is 42.2 Å². The molecule has 0 atom stereocenters. The lowest BCUT2D eigenvalue weighted by Crippen LogP contribution is -2.02. The molecule has 0 aliphatic heterocycles. The molecule has 2 aromatic carbocycles. The van der Waals surface area contributed by atoms with Crippen LogP contribution in [0.2, 0.25) is 0 Å². The molecular weight excluding hydrogens is 250 g/mol. The molecule has 4 heteroatoms. The van der Waals surface area contributed by atoms with Crippen molar-refractivity contribution in [1.29, 1.82) is 0 Å². The van der Waals surface area contributed by atoms with Crippen LogP contribution in [-0.2, 0) is 0 Å². The van der Waals surface area contributed by atoms with Gasteiger partial charge in [0, 0.05) is 0 Å². The Morgan fingerprint density at radius 2 is 1.65 bits per heavy atom. The van der Waals surface area contributed by atoms with E-state index in [9.17, 15) is 5.11 Å². The largest absolute Gasteiger partial charge is 0.505 e. The van der Waals surface area contributed by atoms with Crippen LogP contribution in [0, 0.1) is 6.92 Å². The van der Waals surface area contributed by atoms with Gasteiger partial charge in [-0.15, -0.1) is 15.0 Å². The fourth-order valence-electron chi connectivity index (χ4n) is 2.24. The molecule has 0 saturated heterocycles. The molecule has 1 heterocycles. The van der Waals surface area contributed by atoms with Crippen molar-refractivity contribution in [2.45, 2.75) is 26.7 Å². The van der Waals surface area contributed by atoms with E-state index in [2.05, 4.69) is 24.0 Å². The molecule has 1 N–H and O–H groups in total. The highest BCUT2D eigenvalue weighted by Crippen LogP contribution is 2.30. The molecule has 0 unspecified atom stereocenters. The van der Waals surface area contributed by atoms with Crippen molar-refractivity contribution in [1.82, 2.24) is 15.0 Å². The lowest BCUT2D eigenvalue weighted by Gasteiger charge is -2.12. The predicted molar refractivity (Wildman–Crippen MR) is 79.4 cm³/mol. The van der Waals surface area contributed by atoms with E-state index in [0.29, 0.717) is 11.6 Å². The van der Waals surface area contributed by atoms with E-state index in [1.165, 1.54) is 4.80 Å². The second-order valence-corrected chi connectivity index (χ2v) is 5.34. The van der Waals surface area contributed by atoms with Gasteiger partial charge in [-0.1, -0.05) is 32.0 Å². The number of aromatic nitrogens is 3. The average Bonchev–Trinajstić information content (AvgIpc) is 2.84. The second kappa shape index (κ2) is 4.63. The Hall–Kier alpha value is -2.36. The number of benzene rings is 2. The van der Waals surface area contributed by atoms with E-state index >= 15 is 0 Å². The molecule has 1 aromatic heterocycles. The summed E-state index contributed by atoms with van der Waals surface area (Å²) >= 11 is 0. The van der Waals surface area contributed by atoms with Crippen molar-refractivity contribution >= 4 is 11.0 Å². The van der Waals surface area contributed by atoms with Crippen molar-refractivity contribution in [2.75, 3.05) is 0 Å². The number of hydrogen-bond donors (Lipinski definition) is 1. The maximum atomic E-state index is 10.3. The first-order valence-corrected chi connectivity index (χ1v) is 6.72. The summed E-state index contributed by atoms with van der Waals surface area (Å²) in [5.41, 5.74) is 4.27. The van der Waals surface area contributed by atoms with Gasteiger partial charge in [0.25, 0.3) is 0 Å². The number of phenolic OH excluding ortho intramolecular Hbond substituents is 1. The van der Waals surface area contributed by atoms with Gasteiger partial charge < -0.3 is 5.11 Å². The summed E-state index contributed by atoms with van der Waals surface area (Å²) < 4.78 is 0. The third-order valence-electron chi connectivity index (χ3n) is 3.47. The lowest BCUT2D eigenvalue weighted by atomic mass is 9.99. The SMILES string of the molecule is Cc1cc(C(C)C)cc(-n2nc3ccccc3n2)c1O. The van der Waals surface area contributed by atoms with Crippen LogP contribution >= 0.6 is 0 Å². The van der Waals surface area contributed by atoms with Crippen LogP contribution in [0.4, 0.5) is 0 Å². The van der Waals surface area contributed by atoms with Crippen molar-refractivity contribution in [3.8, 4) is 11.4 Å². The Morgan fingerprint density at radius 1 is 1.05 bits per heavy atom. The van der Waals surface area contributed by atoms with Crippen LogP contribution in [0.3, 0.4) is 0 Å². The molecule has 20 heavy (non-hydrogen) atoms. The smallest absolute Gasteiger partial charge is 0.146 e. The van der Waals surface area contributed by atoms with E-state index in [1.807, 2.05) is 43.3 Å². The van der Waals surface area contributed by atoms with Gasteiger partial charge in [0.1, 0.15) is 22.5 Å². The lowest BCUT2D eigenvalue weighted by molar-refractivity contribution is 0.463. The minimum Gasteiger partial charge on any atom is -0.505 e. The van der Waals surface area contributed by atoms with Gasteiger partial charge in [-0.25, -0.2) is 0 Å². The summed E-state index contributed by atoms with van der Waals surface area (Å²) in [7, 11) is 0. The van der Waals surface area contributed by atoms with Crippen LogP contribution in [0.5, 0.6) is 5.75 Å². The van der Waals surface area contributed by atoms with E-state index in [1.54, 1.807) is 0 Å². The Balaban J connectivity index is 2.22. The summed E-state index contributed by atoms with van der Waals surface area (Å²) in [5.74, 6) is 0.618. The molecule has 0 saturated carbocycles. The molecular formula is C16H17N3O. The van der Waals surface area contributed by atoms with Crippen molar-refractivity contribution in [3.05, 3.63) is 47.5 Å². The van der Waals surface area contributed by atoms with Crippen molar-refractivity contribution < 1.29 is 5.11 Å². The minimum absolute atomic E-state index is 0.231. The number of aromatic hydroxyl groups is 1. The zero-order chi connectivity index (χ0) is 14.3. The molecule has 0 radical (unpaired) electrons. The van der Waals surface area contributed by atoms with Gasteiger partial charge in [-0.2, -0.15) is 0 Å². The molecule has 0 fully saturated rings. The highest BCUT2D eigenvalue weighted by Gasteiger charge is 2.13. The molecule has 0 bridgehead atoms. The highest BCUT2D eigenvalue weighted by molar-refractivity contribution is 5.73. The number of rotatable bonds is 2. The standard InChI is InChI=1S/C16H17N3O/c1-10(2)12-8-11(3)16(20)15(9-12)19-17-13-6-4-5-7-14(13)18-19/h4-10,20H,1-3H3. The first-order chi connectivity index (χ1) is 9.56. The van der Waals surface area contributed by atoms with E-state index < -0.39 is 0 Å². The summed E-state index contributed by atoms with van der Waals surface area (Å²) in [5, 5.41) is 19.1. The first-order valence-electron chi connectivity index (χ1n) is 6.72. The van der Waals surface area contributed by atoms with Gasteiger partial charge in [-0.3, -0.25) is 0 Å². The minimum atomic E-state index is 0.231. The van der Waals surface area contributed by atoms with Crippen LogP contribution < -0.4 is 0 Å². The van der Waals surface area contributed by atoms with E-state index in [-0.39, 0.29) is 5.75 Å². The highest BCUT2D eigenvalue weighted by atomic mass is 16.3. The number of hydrogen-bond acceptors (Lipinski definition) is 3. The van der Waals surface area contributed by atoms with Crippen molar-refractivity contribution in [2.24, 2.45) is 0 Å². The summed E-state index contributed by atoms with van der Waals surface area (Å²) in [4.78, 5) is 1.51. The second-order valence-electron chi connectivity index (χ2n) is 5.34. The molecule has 4 nitrogen and oxygen atoms in total. The average molecular weight is 267 g/mol. The molecule has 0 aliphatic rings. The van der Waals surface area contributed by atoms with Gasteiger partial charge in [0.15, 0.2) is 0 Å². The predicted octanol–water partition coefficient (Wildman–Crippen LogP) is 3.56. The van der Waals surface area contributed by atoms with Gasteiger partial charge >= 0.3 is 0 Å². The Kier molecular flexibility index (Phi) is 2.93. The number of phenols is 1. The number of aryl methyl sites for hydroxylation is 1. The summed E-state index contributed by atoms with van der Waals surface area (Å²) in [6.45, 7) is 6.15. The van der Waals surface area contributed by atoms with Crippen LogP contribution in [-0.4, -0.2) is 20.1 Å². The Labute approximate surface area is 117 Å². The fourth-order valence-corrected chi connectivity index (χ4v) is 2.24. The zero-order valence-corrected chi connectivity index (χ0v) is 11.8. The molecule has 102 valence electrons. The number of fused-ring (bicyclic) bond motifs is 1. The summed E-state index contributed by atoms with van der Waals surface area (Å²) in [6, 6.07) is 11.6. The van der Waals surface area contributed by atoms with Crippen LogP contribution in [0.15, 0.2) is 36.4 Å². The normalized spacial score (nSPS) is 11.4. The third kappa shape index (κ3) is 2.03. The van der Waals surface area contributed by atoms with Gasteiger partial charge in [0.05, 0.1) is 0 Å². The quantitative estimate of drug-likeness (QED) is 0.772. The van der Waals surface area contributed by atoms with E-state index in [4.69, 9.17) is 0 Å². The van der Waals surface area contributed by atoms with Gasteiger partial charge in [0.2, 0.25) is 0 Å². The molecule has 0 amide bonds. The monoisotopic (exact) mass is 267 g/mol. The molecule has 3 aromatic rings. The topological polar surface area (TPSA) is 50.9 Å². The summed E-state index contributed by atoms with van der Waals surface area (Å²) in [6.07, 6.45) is 0. The molecule has 0 aliphatic carbocycles. The van der Waals surface area contributed by atoms with Crippen molar-refractivity contribution in [3.63, 3.8) is 0 Å². The maximum absolute atomic E-state index is 10.3. The fraction of sp³-hybridized carbons (Fsp3) is 0.250. The molecule has 3 rings (SSSR count). The maximum Gasteiger partial charge on any atom is 0.146 e. The third-order valence-corrected chi connectivity index (χ3v) is 3.47. The Morgan fingerprint density at radius 3 is 2.20 bits per heavy atom. The van der Waals surface area contributed by atoms with E-state index in [0.717, 1.165) is 22.2 Å². The van der Waals surface area contributed by atoms with Crippen LogP contribution in [0.1, 0.15) is 30.9 Å².